The Bertz CT molecular complexity index is 2150. The van der Waals surface area contributed by atoms with Crippen LogP contribution in [0.1, 0.15) is 94.0 Å². The van der Waals surface area contributed by atoms with Gasteiger partial charge < -0.3 is 25.2 Å². The third-order valence-corrected chi connectivity index (χ3v) is 8.26. The molecule has 0 aliphatic heterocycles. The minimum absolute atomic E-state index is 0.0585. The second kappa shape index (κ2) is 15.1. The van der Waals surface area contributed by atoms with E-state index in [1.807, 2.05) is 32.0 Å². The predicted molar refractivity (Wildman–Crippen MR) is 177 cm³/mol. The zero-order valence-corrected chi connectivity index (χ0v) is 28.4. The molecule has 2 aliphatic rings. The quantitative estimate of drug-likeness (QED) is 0.216. The highest BCUT2D eigenvalue weighted by atomic mass is 16.5. The normalized spacial score (nSPS) is 15.6. The molecule has 0 fully saturated rings. The van der Waals surface area contributed by atoms with E-state index in [1.165, 1.54) is 28.5 Å². The second-order valence-electron chi connectivity index (χ2n) is 11.8. The molecule has 4 N–H and O–H groups in total. The van der Waals surface area contributed by atoms with Gasteiger partial charge in [0.15, 0.2) is 0 Å². The molecule has 51 heavy (non-hydrogen) atoms. The highest BCUT2D eigenvalue weighted by molar-refractivity contribution is 5.90. The Labute approximate surface area is 290 Å². The summed E-state index contributed by atoms with van der Waals surface area (Å²) in [5, 5.41) is 40.5. The molecule has 2 aliphatic carbocycles. The molecule has 8 rings (SSSR count). The lowest BCUT2D eigenvalue weighted by molar-refractivity contribution is 0.0682. The number of aromatic nitrogens is 12. The van der Waals surface area contributed by atoms with Crippen LogP contribution in [-0.4, -0.2) is 77.7 Å². The standard InChI is InChI=1S/C16H17N7O2.C13H15N3O.C3H4N4O2/c1-3-13-18-14(21-25-13)10-4-6-11-9(8-10)5-7-12(11)17-16(24)15-19-22-23(2)20-15;1-2-12-15-13(16-17-12)9-3-5-10-8(7-9)4-6-11(10)14;1-7-5-2(3(8)9)4-6-7/h4,6,8,12H,3,5,7H2,1-2H3,(H,17,24);3,5,7,11H,2,4,6,14H2,1H3;1H3,(H,8,9)/t12-;11-;/m11./s1. The van der Waals surface area contributed by atoms with Gasteiger partial charge in [0.1, 0.15) is 0 Å². The number of rotatable bonds is 7. The van der Waals surface area contributed by atoms with Crippen LogP contribution in [0.4, 0.5) is 0 Å². The number of carboxylic acids is 1. The van der Waals surface area contributed by atoms with E-state index in [1.54, 1.807) is 7.05 Å². The first kappa shape index (κ1) is 34.6. The number of nitrogens with one attached hydrogen (secondary N) is 1. The van der Waals surface area contributed by atoms with Crippen molar-refractivity contribution in [2.24, 2.45) is 19.8 Å². The number of carbonyl (C=O) groups is 2. The molecule has 4 aromatic heterocycles. The van der Waals surface area contributed by atoms with Crippen LogP contribution in [0.25, 0.3) is 22.8 Å². The SMILES string of the molecule is CCc1nc(-c2ccc3c(c2)CC[C@H]3N)no1.CCc1nc(-c2ccc3c(c2)CC[C@H]3NC(=O)c2nnn(C)n2)no1.Cn1nnc(C(=O)O)n1. The fraction of sp³-hybridized carbons (Fsp3) is 0.375. The first-order valence-electron chi connectivity index (χ1n) is 16.3. The third kappa shape index (κ3) is 7.99. The van der Waals surface area contributed by atoms with Crippen LogP contribution >= 0.6 is 0 Å². The molecular formula is C32H36N14O5. The Hall–Kier alpha value is -6.24. The van der Waals surface area contributed by atoms with Crippen molar-refractivity contribution in [3.63, 3.8) is 0 Å². The maximum absolute atomic E-state index is 12.2. The summed E-state index contributed by atoms with van der Waals surface area (Å²) in [6.07, 6.45) is 5.26. The third-order valence-electron chi connectivity index (χ3n) is 8.26. The lowest BCUT2D eigenvalue weighted by Crippen LogP contribution is -2.28. The lowest BCUT2D eigenvalue weighted by atomic mass is 10.0. The van der Waals surface area contributed by atoms with Crippen molar-refractivity contribution in [3.8, 4) is 22.8 Å². The molecule has 0 saturated carbocycles. The first-order valence-corrected chi connectivity index (χ1v) is 16.3. The number of tetrazole rings is 2. The number of carboxylic acid groups (broad SMARTS) is 1. The van der Waals surface area contributed by atoms with Gasteiger partial charge in [-0.25, -0.2) is 4.79 Å². The summed E-state index contributed by atoms with van der Waals surface area (Å²) in [6, 6.07) is 12.4. The van der Waals surface area contributed by atoms with Crippen LogP contribution in [0.2, 0.25) is 0 Å². The summed E-state index contributed by atoms with van der Waals surface area (Å²) in [5.41, 5.74) is 12.8. The molecule has 1 amide bonds. The molecular weight excluding hydrogens is 660 g/mol. The number of aryl methyl sites for hydroxylation is 6. The molecule has 19 nitrogen and oxygen atoms in total. The van der Waals surface area contributed by atoms with Crippen molar-refractivity contribution in [2.45, 2.75) is 64.5 Å². The number of amides is 1. The van der Waals surface area contributed by atoms with E-state index >= 15 is 0 Å². The maximum atomic E-state index is 12.2. The van der Waals surface area contributed by atoms with Crippen LogP contribution < -0.4 is 11.1 Å². The van der Waals surface area contributed by atoms with Crippen molar-refractivity contribution in [3.05, 3.63) is 82.1 Å². The van der Waals surface area contributed by atoms with Crippen molar-refractivity contribution in [1.82, 2.24) is 66.0 Å². The molecule has 2 aromatic carbocycles. The van der Waals surface area contributed by atoms with E-state index < -0.39 is 5.97 Å². The fourth-order valence-corrected chi connectivity index (χ4v) is 5.70. The zero-order chi connectivity index (χ0) is 36.1. The number of aromatic carboxylic acids is 1. The Morgan fingerprint density at radius 1 is 0.824 bits per heavy atom. The number of benzene rings is 2. The Balaban J connectivity index is 0.000000148. The number of nitrogens with zero attached hydrogens (tertiary/aromatic N) is 12. The number of fused-ring (bicyclic) bond motifs is 2. The maximum Gasteiger partial charge on any atom is 0.377 e. The monoisotopic (exact) mass is 696 g/mol. The summed E-state index contributed by atoms with van der Waals surface area (Å²) in [4.78, 5) is 33.3. The first-order chi connectivity index (χ1) is 24.6. The average molecular weight is 697 g/mol. The Kier molecular flexibility index (Phi) is 10.3. The molecule has 0 bridgehead atoms. The van der Waals surface area contributed by atoms with Gasteiger partial charge in [-0.2, -0.15) is 19.6 Å². The van der Waals surface area contributed by atoms with Gasteiger partial charge in [-0.1, -0.05) is 48.4 Å². The van der Waals surface area contributed by atoms with Crippen LogP contribution in [-0.2, 0) is 39.8 Å². The van der Waals surface area contributed by atoms with Crippen molar-refractivity contribution in [2.75, 3.05) is 0 Å². The number of hydrogen-bond donors (Lipinski definition) is 3. The van der Waals surface area contributed by atoms with E-state index in [2.05, 4.69) is 74.6 Å². The van der Waals surface area contributed by atoms with E-state index in [0.717, 1.165) is 53.6 Å². The van der Waals surface area contributed by atoms with E-state index in [-0.39, 0.29) is 29.6 Å². The summed E-state index contributed by atoms with van der Waals surface area (Å²) in [5.74, 6) is 0.878. The summed E-state index contributed by atoms with van der Waals surface area (Å²) in [6.45, 7) is 3.97. The second-order valence-corrected chi connectivity index (χ2v) is 11.8. The number of carbonyl (C=O) groups excluding carboxylic acids is 1. The topological polar surface area (TPSA) is 257 Å². The van der Waals surface area contributed by atoms with Gasteiger partial charge in [0.05, 0.1) is 20.1 Å². The van der Waals surface area contributed by atoms with Crippen LogP contribution in [0, 0.1) is 0 Å². The predicted octanol–water partition coefficient (Wildman–Crippen LogP) is 2.39. The van der Waals surface area contributed by atoms with Crippen LogP contribution in [0.3, 0.4) is 0 Å². The largest absolute Gasteiger partial charge is 0.475 e. The summed E-state index contributed by atoms with van der Waals surface area (Å²) >= 11 is 0. The van der Waals surface area contributed by atoms with E-state index in [4.69, 9.17) is 19.9 Å². The summed E-state index contributed by atoms with van der Waals surface area (Å²) in [7, 11) is 3.12. The van der Waals surface area contributed by atoms with Gasteiger partial charge in [-0.15, -0.1) is 20.4 Å². The fourth-order valence-electron chi connectivity index (χ4n) is 5.70. The van der Waals surface area contributed by atoms with E-state index in [9.17, 15) is 9.59 Å². The summed E-state index contributed by atoms with van der Waals surface area (Å²) < 4.78 is 10.3. The molecule has 0 radical (unpaired) electrons. The molecule has 0 saturated heterocycles. The van der Waals surface area contributed by atoms with Gasteiger partial charge in [-0.05, 0) is 70.5 Å². The minimum Gasteiger partial charge on any atom is -0.475 e. The van der Waals surface area contributed by atoms with Gasteiger partial charge >= 0.3 is 5.97 Å². The molecule has 6 aromatic rings. The Morgan fingerprint density at radius 3 is 1.84 bits per heavy atom. The smallest absolute Gasteiger partial charge is 0.377 e. The van der Waals surface area contributed by atoms with Crippen LogP contribution in [0.15, 0.2) is 45.4 Å². The zero-order valence-electron chi connectivity index (χ0n) is 28.4. The lowest BCUT2D eigenvalue weighted by Gasteiger charge is -2.12. The molecule has 19 heteroatoms. The van der Waals surface area contributed by atoms with Crippen LogP contribution in [0.5, 0.6) is 0 Å². The molecule has 4 heterocycles. The molecule has 264 valence electrons. The highest BCUT2D eigenvalue weighted by Gasteiger charge is 2.27. The van der Waals surface area contributed by atoms with Gasteiger partial charge in [0.2, 0.25) is 23.4 Å². The molecule has 0 unspecified atom stereocenters. The molecule has 0 spiro atoms. The van der Waals surface area contributed by atoms with Crippen molar-refractivity contribution < 1.29 is 23.7 Å². The van der Waals surface area contributed by atoms with Gasteiger partial charge in [-0.3, -0.25) is 4.79 Å². The minimum atomic E-state index is -1.16. The van der Waals surface area contributed by atoms with Gasteiger partial charge in [0.25, 0.3) is 17.6 Å². The average Bonchev–Trinajstić information content (AvgIpc) is 3.99. The number of nitrogens with two attached hydrogens (primary N) is 1. The molecule has 2 atom stereocenters. The Morgan fingerprint density at radius 2 is 1.35 bits per heavy atom. The highest BCUT2D eigenvalue weighted by Crippen LogP contribution is 2.34. The van der Waals surface area contributed by atoms with Crippen molar-refractivity contribution >= 4 is 11.9 Å². The van der Waals surface area contributed by atoms with Crippen molar-refractivity contribution in [1.29, 1.82) is 0 Å². The van der Waals surface area contributed by atoms with E-state index in [0.29, 0.717) is 29.9 Å². The number of hydrogen-bond acceptors (Lipinski definition) is 15. The van der Waals surface area contributed by atoms with Gasteiger partial charge in [0, 0.05) is 30.0 Å².